The first-order chi connectivity index (χ1) is 57.5. The molecule has 648 valence electrons. The highest BCUT2D eigenvalue weighted by Crippen LogP contribution is 2.55. The molecule has 0 bridgehead atoms. The number of aryl methyl sites for hydroxylation is 10. The maximum absolute atomic E-state index is 12.5. The van der Waals surface area contributed by atoms with Gasteiger partial charge in [0.15, 0.2) is 5.78 Å². The largest absolute Gasteiger partial charge is 0.410 e. The third kappa shape index (κ3) is 28.4. The number of hydrogen-bond acceptors (Lipinski definition) is 5. The minimum atomic E-state index is 0.1000. The molecule has 1 N–H and O–H groups in total. The third-order valence-electron chi connectivity index (χ3n) is 24.0. The first-order valence-corrected chi connectivity index (χ1v) is 44.4. The molecule has 0 spiro atoms. The lowest BCUT2D eigenvalue weighted by Gasteiger charge is -2.32. The van der Waals surface area contributed by atoms with E-state index in [0.29, 0.717) is 11.1 Å². The summed E-state index contributed by atoms with van der Waals surface area (Å²) >= 11 is 0. The number of rotatable bonds is 15. The van der Waals surface area contributed by atoms with Gasteiger partial charge in [0.25, 0.3) is 0 Å². The number of carbonyl (C=O) groups is 1. The second-order valence-corrected chi connectivity index (χ2v) is 40.3. The van der Waals surface area contributed by atoms with Crippen molar-refractivity contribution in [1.29, 1.82) is 0 Å². The summed E-state index contributed by atoms with van der Waals surface area (Å²) in [5, 5.41) is 17.2. The number of nitrogens with zero attached hydrogens (tertiary/aromatic N) is 2. The van der Waals surface area contributed by atoms with E-state index in [1.807, 2.05) is 81.4 Å². The van der Waals surface area contributed by atoms with Gasteiger partial charge >= 0.3 is 0 Å². The van der Waals surface area contributed by atoms with Crippen LogP contribution in [0.15, 0.2) is 288 Å². The number of carbonyl (C=O) groups excluding carboxylic acids is 1. The van der Waals surface area contributed by atoms with Crippen molar-refractivity contribution < 1.29 is 14.8 Å². The van der Waals surface area contributed by atoms with E-state index in [2.05, 4.69) is 398 Å². The highest BCUT2D eigenvalue weighted by molar-refractivity contribution is 6.14. The molecule has 0 aliphatic heterocycles. The normalized spacial score (nSPS) is 14.2. The Morgan fingerprint density at radius 1 is 0.407 bits per heavy atom. The van der Waals surface area contributed by atoms with Crippen LogP contribution in [0.1, 0.15) is 314 Å². The van der Waals surface area contributed by atoms with Crippen molar-refractivity contribution in [3.05, 3.63) is 417 Å². The zero-order chi connectivity index (χ0) is 91.3. The van der Waals surface area contributed by atoms with E-state index in [-0.39, 0.29) is 38.3 Å². The molecule has 123 heavy (non-hydrogen) atoms. The van der Waals surface area contributed by atoms with Gasteiger partial charge in [0, 0.05) is 38.8 Å². The summed E-state index contributed by atoms with van der Waals surface area (Å²) in [7, 11) is 1.59. The van der Waals surface area contributed by atoms with Crippen molar-refractivity contribution in [2.24, 2.45) is 15.7 Å². The fraction of sp³-hybridized carbons (Fsp3) is 0.364. The fourth-order valence-electron chi connectivity index (χ4n) is 15.4. The van der Waals surface area contributed by atoms with Gasteiger partial charge in [-0.2, -0.15) is 0 Å². The van der Waals surface area contributed by atoms with Crippen molar-refractivity contribution >= 4 is 22.8 Å². The van der Waals surface area contributed by atoms with Gasteiger partial charge in [-0.25, -0.2) is 0 Å². The van der Waals surface area contributed by atoms with Crippen LogP contribution in [0.5, 0.6) is 0 Å². The first-order valence-electron chi connectivity index (χ1n) is 44.4. The number of benzene rings is 10. The van der Waals surface area contributed by atoms with E-state index in [1.165, 1.54) is 138 Å². The topological polar surface area (TPSA) is 71.2 Å². The Morgan fingerprint density at radius 3 is 1.11 bits per heavy atom. The number of allylic oxidation sites excluding steroid dienone is 10. The SMILES string of the molecule is C/C=C(C)/C=C/C=C\C=C\C1=C(C)CCCC1(C)C.C=C(c1ccc(C)cc1)c1ccc(C(C)(C)C)cc1C.CO/N=C(\c1ccc(C)cc1)c1ccc(C(C)(C)C)cc1C.Cc1ccc(/C(=N\O)c2ccc(C(C)(C)C)cc2C)cc1.Cc1ccc(C(=O)c2ccc(C(C)(C)C)cc2C)cc1.Cc1ccc(C2(c3ccc(C(C)(C)C)cc3C)CC2)cc1. The van der Waals surface area contributed by atoms with Crippen LogP contribution in [-0.2, 0) is 37.3 Å². The smallest absolute Gasteiger partial charge is 0.193 e. The Bertz CT molecular complexity index is 5330. The summed E-state index contributed by atoms with van der Waals surface area (Å²) < 4.78 is 0. The van der Waals surface area contributed by atoms with Crippen molar-refractivity contribution in [2.45, 2.75) is 272 Å². The average Bonchev–Trinajstić information content (AvgIpc) is 1.58. The molecule has 0 atom stereocenters. The molecular formula is C118H148N2O3. The molecule has 10 aromatic rings. The van der Waals surface area contributed by atoms with Crippen LogP contribution >= 0.6 is 0 Å². The summed E-state index contributed by atoms with van der Waals surface area (Å²) in [5.74, 6) is 0.1000. The van der Waals surface area contributed by atoms with Crippen LogP contribution in [0.3, 0.4) is 0 Å². The molecule has 2 aliphatic rings. The second kappa shape index (κ2) is 43.0. The van der Waals surface area contributed by atoms with E-state index < -0.39 is 0 Å². The van der Waals surface area contributed by atoms with E-state index in [9.17, 15) is 10.0 Å². The fourth-order valence-corrected chi connectivity index (χ4v) is 15.4. The summed E-state index contributed by atoms with van der Waals surface area (Å²) in [6.07, 6.45) is 21.4. The zero-order valence-electron chi connectivity index (χ0n) is 81.1. The Hall–Kier alpha value is -10.8. The molecule has 0 amide bonds. The highest BCUT2D eigenvalue weighted by atomic mass is 16.6. The van der Waals surface area contributed by atoms with Gasteiger partial charge in [0.1, 0.15) is 18.5 Å². The predicted molar refractivity (Wildman–Crippen MR) is 534 cm³/mol. The minimum absolute atomic E-state index is 0.1000. The minimum Gasteiger partial charge on any atom is -0.410 e. The Morgan fingerprint density at radius 2 is 0.748 bits per heavy atom. The van der Waals surface area contributed by atoms with Gasteiger partial charge in [0.05, 0.1) is 0 Å². The lowest BCUT2D eigenvalue weighted by atomic mass is 9.73. The molecule has 2 aliphatic carbocycles. The number of ketones is 1. The Kier molecular flexibility index (Phi) is 34.8. The standard InChI is InChI=1S/C21H26.C20H25NO.C20H24.C19H23NO.C19H22O.C19H28/c1-15-6-8-17(9-7-15)21(12-13-21)19-11-10-18(14-16(19)2)20(3,4)5;1-14-7-9-16(10-8-14)19(21-22-6)18-12-11-17(13-15(18)2)20(3,4)5;1-14-7-9-17(10-8-14)16(3)19-12-11-18(13-15(19)2)20(4,5)6;1-13-6-8-15(9-7-13)18(20-21)17-11-10-16(12-14(17)2)19(3,4)5;1-13-6-8-15(9-7-13)18(20)17-11-10-16(12-14(17)2)19(3,4)5;1-6-16(2)12-9-7-8-10-14-18-17(3)13-11-15-19(18,4)5/h6-11,14H,12-13H2,1-5H3;7-13H,1-6H3;7-13H,3H2,1-2,4-6H3;6-12,21H,1-5H3;6-12H,1-5H3;6-10,12,14H,11,13,15H2,1-5H3/b;21-19+;;20-18+;;8-7-,12-9+,14-10+,16-6+. The van der Waals surface area contributed by atoms with E-state index in [1.54, 1.807) is 12.7 Å². The maximum Gasteiger partial charge on any atom is 0.193 e. The molecule has 12 rings (SSSR count). The van der Waals surface area contributed by atoms with Gasteiger partial charge in [-0.15, -0.1) is 0 Å². The highest BCUT2D eigenvalue weighted by Gasteiger charge is 2.46. The van der Waals surface area contributed by atoms with Crippen LogP contribution < -0.4 is 0 Å². The van der Waals surface area contributed by atoms with Crippen LogP contribution in [-0.4, -0.2) is 29.5 Å². The Balaban J connectivity index is 0.000000203. The first kappa shape index (κ1) is 99.4. The molecule has 0 heterocycles. The molecule has 10 aromatic carbocycles. The van der Waals surface area contributed by atoms with Gasteiger partial charge in [-0.1, -0.05) is 428 Å². The van der Waals surface area contributed by atoms with Crippen LogP contribution in [0.4, 0.5) is 0 Å². The molecule has 5 nitrogen and oxygen atoms in total. The van der Waals surface area contributed by atoms with Gasteiger partial charge in [-0.3, -0.25) is 4.79 Å². The lowest BCUT2D eigenvalue weighted by Crippen LogP contribution is -2.18. The van der Waals surface area contributed by atoms with Gasteiger partial charge < -0.3 is 10.0 Å². The van der Waals surface area contributed by atoms with E-state index in [0.717, 1.165) is 55.8 Å². The molecule has 0 saturated heterocycles. The molecule has 1 saturated carbocycles. The summed E-state index contributed by atoms with van der Waals surface area (Å²) in [6, 6.07) is 74.7. The molecule has 0 unspecified atom stereocenters. The van der Waals surface area contributed by atoms with Gasteiger partial charge in [-0.05, 0) is 244 Å². The average molecular weight is 1640 g/mol. The molecular weight excluding hydrogens is 1490 g/mol. The summed E-state index contributed by atoms with van der Waals surface area (Å²) in [5.41, 5.74) is 38.4. The number of oxime groups is 2. The molecule has 5 heteroatoms. The summed E-state index contributed by atoms with van der Waals surface area (Å²) in [6.45, 7) is 69.9. The monoisotopic (exact) mass is 1640 g/mol. The van der Waals surface area contributed by atoms with Crippen LogP contribution in [0.2, 0.25) is 0 Å². The Labute approximate surface area is 745 Å². The number of hydrogen-bond donors (Lipinski definition) is 1. The van der Waals surface area contributed by atoms with Crippen molar-refractivity contribution in [3.8, 4) is 0 Å². The van der Waals surface area contributed by atoms with Crippen LogP contribution in [0, 0.1) is 74.7 Å². The lowest BCUT2D eigenvalue weighted by molar-refractivity contribution is 0.103. The molecule has 0 aromatic heterocycles. The third-order valence-corrected chi connectivity index (χ3v) is 24.0. The second-order valence-electron chi connectivity index (χ2n) is 40.3. The van der Waals surface area contributed by atoms with Crippen molar-refractivity contribution in [1.82, 2.24) is 0 Å². The van der Waals surface area contributed by atoms with Gasteiger partial charge in [0.2, 0.25) is 0 Å². The van der Waals surface area contributed by atoms with E-state index >= 15 is 0 Å². The molecule has 0 radical (unpaired) electrons. The van der Waals surface area contributed by atoms with Crippen LogP contribution in [0.25, 0.3) is 5.57 Å². The van der Waals surface area contributed by atoms with Crippen molar-refractivity contribution in [2.75, 3.05) is 7.11 Å². The maximum atomic E-state index is 12.5. The van der Waals surface area contributed by atoms with E-state index in [4.69, 9.17) is 4.84 Å². The zero-order valence-corrected chi connectivity index (χ0v) is 81.1. The van der Waals surface area contributed by atoms with Crippen molar-refractivity contribution in [3.63, 3.8) is 0 Å². The molecule has 1 fully saturated rings. The quantitative estimate of drug-likeness (QED) is 0.0365. The predicted octanol–water partition coefficient (Wildman–Crippen LogP) is 32.2. The summed E-state index contributed by atoms with van der Waals surface area (Å²) in [4.78, 5) is 17.6.